The molecule has 2 aromatic rings. The molecule has 1 unspecified atom stereocenters. The number of aromatic nitrogens is 6. The van der Waals surface area contributed by atoms with Crippen LogP contribution in [0.5, 0.6) is 0 Å². The number of unbranched alkanes of at least 4 members (excludes halogenated alkanes) is 13. The van der Waals surface area contributed by atoms with Gasteiger partial charge >= 0.3 is 0 Å². The van der Waals surface area contributed by atoms with Crippen LogP contribution in [0.4, 0.5) is 0 Å². The van der Waals surface area contributed by atoms with Gasteiger partial charge in [0, 0.05) is 61.4 Å². The summed E-state index contributed by atoms with van der Waals surface area (Å²) in [5.41, 5.74) is -2.16. The third kappa shape index (κ3) is 30.2. The van der Waals surface area contributed by atoms with Crippen LogP contribution in [0.25, 0.3) is 0 Å². The van der Waals surface area contributed by atoms with Gasteiger partial charge in [-0.3, -0.25) is 23.7 Å². The van der Waals surface area contributed by atoms with E-state index in [-0.39, 0.29) is 56.9 Å². The molecule has 0 saturated carbocycles. The summed E-state index contributed by atoms with van der Waals surface area (Å²) >= 11 is 5.04. The Balaban J connectivity index is 1.77. The number of amides is 2. The Labute approximate surface area is 442 Å². The highest BCUT2D eigenvalue weighted by molar-refractivity contribution is 7.99. The number of aliphatic hydroxyl groups is 6. The van der Waals surface area contributed by atoms with Gasteiger partial charge in [0.05, 0.1) is 84.0 Å². The Hall–Kier alpha value is -2.38. The topological polar surface area (TPSA) is 277 Å². The van der Waals surface area contributed by atoms with Gasteiger partial charge in [-0.15, -0.1) is 10.2 Å². The summed E-state index contributed by atoms with van der Waals surface area (Å²) < 4.78 is 15.7. The number of carbonyl (C=O) groups is 3. The van der Waals surface area contributed by atoms with E-state index in [0.717, 1.165) is 42.3 Å². The normalized spacial score (nSPS) is 12.9. The molecular formula is C50H92N8O11S3. The van der Waals surface area contributed by atoms with Gasteiger partial charge in [0.15, 0.2) is 0 Å². The largest absolute Gasteiger partial charge is 0.396 e. The molecule has 0 aliphatic heterocycles. The third-order valence-electron chi connectivity index (χ3n) is 12.3. The maximum absolute atomic E-state index is 13.3. The summed E-state index contributed by atoms with van der Waals surface area (Å²) in [6.45, 7) is 3.08. The predicted octanol–water partition coefficient (Wildman–Crippen LogP) is 4.86. The van der Waals surface area contributed by atoms with Crippen LogP contribution in [0.3, 0.4) is 0 Å². The molecule has 2 aromatic heterocycles. The molecule has 22 heteroatoms. The Morgan fingerprint density at radius 2 is 0.944 bits per heavy atom. The summed E-state index contributed by atoms with van der Waals surface area (Å²) in [5.74, 6) is 3.97. The van der Waals surface area contributed by atoms with E-state index >= 15 is 0 Å². The molecule has 0 aliphatic rings. The second kappa shape index (κ2) is 40.9. The minimum Gasteiger partial charge on any atom is -0.396 e. The first kappa shape index (κ1) is 65.7. The van der Waals surface area contributed by atoms with E-state index in [1.54, 1.807) is 32.9 Å². The van der Waals surface area contributed by atoms with Crippen molar-refractivity contribution in [3.63, 3.8) is 0 Å². The van der Waals surface area contributed by atoms with Gasteiger partial charge in [-0.2, -0.15) is 35.3 Å². The lowest BCUT2D eigenvalue weighted by molar-refractivity contribution is -0.125. The summed E-state index contributed by atoms with van der Waals surface area (Å²) in [7, 11) is 0. The fourth-order valence-electron chi connectivity index (χ4n) is 7.63. The fourth-order valence-corrected chi connectivity index (χ4v) is 10.4. The fraction of sp³-hybridized carbons (Fsp3) is 0.860. The van der Waals surface area contributed by atoms with Gasteiger partial charge in [0.1, 0.15) is 22.7 Å². The molecule has 19 nitrogen and oxygen atoms in total. The van der Waals surface area contributed by atoms with Crippen LogP contribution in [-0.4, -0.2) is 177 Å². The lowest BCUT2D eigenvalue weighted by Gasteiger charge is -2.30. The van der Waals surface area contributed by atoms with Crippen LogP contribution in [-0.2, 0) is 50.2 Å². The van der Waals surface area contributed by atoms with Crippen LogP contribution in [0.1, 0.15) is 154 Å². The highest BCUT2D eigenvalue weighted by atomic mass is 32.2. The van der Waals surface area contributed by atoms with Crippen molar-refractivity contribution >= 4 is 52.9 Å². The van der Waals surface area contributed by atoms with Crippen molar-refractivity contribution in [2.75, 3.05) is 87.4 Å². The Kier molecular flexibility index (Phi) is 37.3. The molecule has 0 aromatic carbocycles. The van der Waals surface area contributed by atoms with Crippen molar-refractivity contribution in [2.45, 2.75) is 180 Å². The number of Topliss-reactive ketones (excluding diaryl/α,β-unsaturated/α-hetero) is 1. The lowest BCUT2D eigenvalue weighted by Crippen LogP contribution is -2.57. The van der Waals surface area contributed by atoms with Crippen LogP contribution < -0.4 is 10.6 Å². The molecule has 0 aliphatic carbocycles. The summed E-state index contributed by atoms with van der Waals surface area (Å²) in [6, 6.07) is 0. The monoisotopic (exact) mass is 1080 g/mol. The van der Waals surface area contributed by atoms with E-state index in [4.69, 9.17) is 9.47 Å². The molecule has 416 valence electrons. The zero-order valence-corrected chi connectivity index (χ0v) is 46.1. The molecule has 0 bridgehead atoms. The van der Waals surface area contributed by atoms with Gasteiger partial charge in [0.25, 0.3) is 0 Å². The predicted molar refractivity (Wildman–Crippen MR) is 287 cm³/mol. The average molecular weight is 1080 g/mol. The Bertz CT molecular complexity index is 1580. The standard InChI is InChI=1S/C50H92N8O11S3/c1-3-4-5-6-7-8-9-10-11-12-13-14-15-16-24-70-28-20-46(66)51-48(2,41-68-33-43-31-57(55-53-43)22-17-25-71-27-19-45(65)30-49(35-59,36-60)37-61)42-69-34-44-32-58(56-54-44)23-18-26-72-29-21-47(67)52-50(38-62,39-63)40-64/h31-32,59-64H,3-30,33-42H2,1-2H3,(H,51,66)(H,52,67). The molecule has 0 fully saturated rings. The van der Waals surface area contributed by atoms with E-state index in [1.807, 2.05) is 31.1 Å². The van der Waals surface area contributed by atoms with Crippen molar-refractivity contribution in [3.8, 4) is 0 Å². The molecule has 2 amide bonds. The van der Waals surface area contributed by atoms with Gasteiger partial charge in [-0.1, -0.05) is 101 Å². The number of aliphatic hydroxyl groups excluding tert-OH is 6. The average Bonchev–Trinajstić information content (AvgIpc) is 4.04. The van der Waals surface area contributed by atoms with Gasteiger partial charge in [-0.05, 0) is 43.4 Å². The van der Waals surface area contributed by atoms with Crippen LogP contribution >= 0.6 is 35.3 Å². The molecular weight excluding hydrogens is 985 g/mol. The molecule has 2 heterocycles. The number of hydrogen-bond acceptors (Lipinski definition) is 18. The number of rotatable bonds is 50. The van der Waals surface area contributed by atoms with Gasteiger partial charge < -0.3 is 50.7 Å². The quantitative estimate of drug-likeness (QED) is 0.0411. The number of aryl methyl sites for hydroxylation is 2. The van der Waals surface area contributed by atoms with Gasteiger partial charge in [0.2, 0.25) is 11.8 Å². The van der Waals surface area contributed by atoms with Crippen LogP contribution in [0.2, 0.25) is 0 Å². The first-order chi connectivity index (χ1) is 34.9. The number of ketones is 1. The molecule has 0 spiro atoms. The van der Waals surface area contributed by atoms with Crippen molar-refractivity contribution in [1.82, 2.24) is 40.6 Å². The van der Waals surface area contributed by atoms with Gasteiger partial charge in [-0.25, -0.2) is 0 Å². The smallest absolute Gasteiger partial charge is 0.221 e. The van der Waals surface area contributed by atoms with E-state index < -0.39 is 56.1 Å². The second-order valence-electron chi connectivity index (χ2n) is 19.4. The van der Waals surface area contributed by atoms with E-state index in [0.29, 0.717) is 48.8 Å². The number of thioether (sulfide) groups is 3. The highest BCUT2D eigenvalue weighted by Crippen LogP contribution is 2.22. The number of nitrogens with zero attached hydrogens (tertiary/aromatic N) is 6. The molecule has 0 radical (unpaired) electrons. The summed E-state index contributed by atoms with van der Waals surface area (Å²) in [6.07, 6.45) is 24.7. The zero-order valence-electron chi connectivity index (χ0n) is 43.7. The molecule has 72 heavy (non-hydrogen) atoms. The summed E-state index contributed by atoms with van der Waals surface area (Å²) in [5, 5.41) is 79.4. The Morgan fingerprint density at radius 3 is 1.38 bits per heavy atom. The molecule has 2 rings (SSSR count). The van der Waals surface area contributed by atoms with Crippen molar-refractivity contribution in [2.24, 2.45) is 5.41 Å². The first-order valence-corrected chi connectivity index (χ1v) is 29.8. The van der Waals surface area contributed by atoms with Crippen molar-refractivity contribution < 1.29 is 54.5 Å². The lowest BCUT2D eigenvalue weighted by atomic mass is 9.85. The van der Waals surface area contributed by atoms with Crippen LogP contribution in [0, 0.1) is 5.41 Å². The van der Waals surface area contributed by atoms with Crippen molar-refractivity contribution in [3.05, 3.63) is 23.8 Å². The molecule has 0 saturated heterocycles. The van der Waals surface area contributed by atoms with E-state index in [2.05, 4.69) is 38.2 Å². The van der Waals surface area contributed by atoms with Crippen molar-refractivity contribution in [1.29, 1.82) is 0 Å². The molecule has 8 N–H and O–H groups in total. The highest BCUT2D eigenvalue weighted by Gasteiger charge is 2.32. The van der Waals surface area contributed by atoms with E-state index in [1.165, 1.54) is 83.5 Å². The third-order valence-corrected chi connectivity index (χ3v) is 15.5. The van der Waals surface area contributed by atoms with E-state index in [9.17, 15) is 45.0 Å². The maximum Gasteiger partial charge on any atom is 0.221 e. The minimum atomic E-state index is -1.43. The SMILES string of the molecule is CCCCCCCCCCCCCCCCSCCC(=O)NC(C)(COCc1cn(CCCSCCC(=O)CC(CO)(CO)CO)nn1)COCc1cn(CCCSCCC(=O)NC(CO)(CO)CO)nn1. The maximum atomic E-state index is 13.3. The zero-order chi connectivity index (χ0) is 52.6. The summed E-state index contributed by atoms with van der Waals surface area (Å²) in [4.78, 5) is 37.8. The number of nitrogens with one attached hydrogen (secondary N) is 2. The van der Waals surface area contributed by atoms with Crippen LogP contribution in [0.15, 0.2) is 12.4 Å². The Morgan fingerprint density at radius 1 is 0.542 bits per heavy atom. The molecule has 1 atom stereocenters. The number of carbonyl (C=O) groups excluding carboxylic acids is 3. The minimum absolute atomic E-state index is 0.0610. The number of hydrogen-bond donors (Lipinski definition) is 8. The first-order valence-electron chi connectivity index (χ1n) is 26.4. The number of ether oxygens (including phenoxy) is 2. The second-order valence-corrected chi connectivity index (χ2v) is 23.1.